The molecule has 1 N–H and O–H groups in total. The molecule has 1 saturated heterocycles. The van der Waals surface area contributed by atoms with E-state index in [0.29, 0.717) is 0 Å². The number of esters is 1. The molecule has 1 saturated carbocycles. The highest BCUT2D eigenvalue weighted by atomic mass is 16.6. The number of Topliss-reactive ketones (excluding diaryl/α,β-unsaturated/α-hetero) is 1. The van der Waals surface area contributed by atoms with Crippen LogP contribution in [0.5, 0.6) is 0 Å². The Kier molecular flexibility index (Phi) is 5.82. The number of carbonyl (C=O) groups excluding carboxylic acids is 2. The van der Waals surface area contributed by atoms with E-state index in [4.69, 9.17) is 9.47 Å². The Morgan fingerprint density at radius 1 is 1.07 bits per heavy atom. The van der Waals surface area contributed by atoms with E-state index < -0.39 is 28.5 Å². The van der Waals surface area contributed by atoms with Crippen molar-refractivity contribution in [1.82, 2.24) is 0 Å². The molecule has 2 bridgehead atoms. The number of rotatable bonds is 5. The van der Waals surface area contributed by atoms with Crippen molar-refractivity contribution in [3.05, 3.63) is 60.3 Å². The van der Waals surface area contributed by atoms with E-state index in [9.17, 15) is 14.7 Å². The van der Waals surface area contributed by atoms with Gasteiger partial charge in [-0.15, -0.1) is 0 Å². The zero-order valence-electron chi connectivity index (χ0n) is 18.6. The van der Waals surface area contributed by atoms with Crippen LogP contribution in [0.25, 0.3) is 0 Å². The molecular formula is C25H32O5. The maximum absolute atomic E-state index is 12.5. The summed E-state index contributed by atoms with van der Waals surface area (Å²) in [5.41, 5.74) is -1.85. The van der Waals surface area contributed by atoms with Crippen LogP contribution in [0.3, 0.4) is 0 Å². The number of hydrogen-bond donors (Lipinski definition) is 1. The molecule has 7 atom stereocenters. The second-order valence-electron chi connectivity index (χ2n) is 9.23. The fraction of sp³-hybridized carbons (Fsp3) is 0.520. The smallest absolute Gasteiger partial charge is 0.320 e. The summed E-state index contributed by atoms with van der Waals surface area (Å²) in [4.78, 5) is 24.8. The Labute approximate surface area is 178 Å². The Balaban J connectivity index is 1.64. The summed E-state index contributed by atoms with van der Waals surface area (Å²) < 4.78 is 11.3. The first-order valence-electron chi connectivity index (χ1n) is 10.5. The van der Waals surface area contributed by atoms with Gasteiger partial charge in [0.1, 0.15) is 23.2 Å². The van der Waals surface area contributed by atoms with E-state index in [0.717, 1.165) is 5.57 Å². The van der Waals surface area contributed by atoms with Crippen molar-refractivity contribution in [2.45, 2.75) is 65.5 Å². The lowest BCUT2D eigenvalue weighted by Crippen LogP contribution is -2.44. The molecule has 30 heavy (non-hydrogen) atoms. The fourth-order valence-corrected chi connectivity index (χ4v) is 4.83. The third-order valence-corrected chi connectivity index (χ3v) is 6.92. The lowest BCUT2D eigenvalue weighted by molar-refractivity contribution is -0.161. The summed E-state index contributed by atoms with van der Waals surface area (Å²) in [5, 5.41) is 10.5. The minimum absolute atomic E-state index is 0.0350. The monoisotopic (exact) mass is 412 g/mol. The maximum atomic E-state index is 12.5. The number of ether oxygens (including phenoxy) is 2. The van der Waals surface area contributed by atoms with E-state index >= 15 is 0 Å². The number of allylic oxidation sites excluding steroid dienone is 6. The summed E-state index contributed by atoms with van der Waals surface area (Å²) in [6.45, 7) is 11.1. The predicted molar refractivity (Wildman–Crippen MR) is 116 cm³/mol. The summed E-state index contributed by atoms with van der Waals surface area (Å²) in [6.07, 6.45) is 16.0. The second-order valence-corrected chi connectivity index (χ2v) is 9.23. The molecule has 5 nitrogen and oxygen atoms in total. The standard InChI is InChI=1S/C25H32O5/c1-16(20-24(5,28)15-13-17(2)29-20)12-10-8-7-9-11-14-23(4)21-18(3)19(26)25(23,6)22(27)30-21/h7-15,17-18,20-21,28H,1-6H3/b9-7+,10-8+,14-11+,16-12+/t17-,18-,20-,21-,23+,24+,25-/m0/s1. The molecule has 5 heteroatoms. The summed E-state index contributed by atoms with van der Waals surface area (Å²) >= 11 is 0. The van der Waals surface area contributed by atoms with Gasteiger partial charge in [0, 0.05) is 5.41 Å². The van der Waals surface area contributed by atoms with Crippen molar-refractivity contribution in [3.8, 4) is 0 Å². The van der Waals surface area contributed by atoms with Gasteiger partial charge in [0.25, 0.3) is 0 Å². The molecule has 0 radical (unpaired) electrons. The van der Waals surface area contributed by atoms with Crippen LogP contribution < -0.4 is 0 Å². The quantitative estimate of drug-likeness (QED) is 0.321. The first-order chi connectivity index (χ1) is 13.9. The van der Waals surface area contributed by atoms with E-state index in [1.807, 2.05) is 76.3 Å². The third-order valence-electron chi connectivity index (χ3n) is 6.92. The van der Waals surface area contributed by atoms with Gasteiger partial charge in [-0.3, -0.25) is 9.59 Å². The SMILES string of the molecule is C\C(=C/C=C/C=C/C=C/[C@]1(C)[C@H]2OC(=O)[C@]1(C)C(=O)[C@@H]2C)[C@@H]1O[C@@H](C)C=C[C@@]1(C)O. The second kappa shape index (κ2) is 7.78. The van der Waals surface area contributed by atoms with E-state index in [1.54, 1.807) is 19.9 Å². The van der Waals surface area contributed by atoms with Gasteiger partial charge < -0.3 is 14.6 Å². The molecule has 0 unspecified atom stereocenters. The first-order valence-corrected chi connectivity index (χ1v) is 10.5. The summed E-state index contributed by atoms with van der Waals surface area (Å²) in [7, 11) is 0. The van der Waals surface area contributed by atoms with Crippen LogP contribution >= 0.6 is 0 Å². The van der Waals surface area contributed by atoms with Crippen LogP contribution in [-0.4, -0.2) is 40.8 Å². The van der Waals surface area contributed by atoms with Gasteiger partial charge in [-0.25, -0.2) is 0 Å². The lowest BCUT2D eigenvalue weighted by Gasteiger charge is -2.36. The molecule has 0 aromatic heterocycles. The highest BCUT2D eigenvalue weighted by molar-refractivity contribution is 6.10. The van der Waals surface area contributed by atoms with E-state index in [2.05, 4.69) is 0 Å². The zero-order valence-corrected chi connectivity index (χ0v) is 18.6. The maximum Gasteiger partial charge on any atom is 0.320 e. The number of aliphatic hydroxyl groups is 1. The Morgan fingerprint density at radius 3 is 2.37 bits per heavy atom. The predicted octanol–water partition coefficient (Wildman–Crippen LogP) is 3.85. The number of fused-ring (bicyclic) bond motifs is 2. The van der Waals surface area contributed by atoms with Crippen LogP contribution in [0.15, 0.2) is 60.3 Å². The Hall–Kier alpha value is -2.24. The summed E-state index contributed by atoms with van der Waals surface area (Å²) in [6, 6.07) is 0. The molecule has 0 spiro atoms. The van der Waals surface area contributed by atoms with Gasteiger partial charge in [-0.05, 0) is 33.3 Å². The van der Waals surface area contributed by atoms with Crippen molar-refractivity contribution in [2.75, 3.05) is 0 Å². The molecule has 3 aliphatic rings. The van der Waals surface area contributed by atoms with Crippen LogP contribution in [0.1, 0.15) is 41.5 Å². The average molecular weight is 413 g/mol. The lowest BCUT2D eigenvalue weighted by atomic mass is 9.68. The Bertz CT molecular complexity index is 874. The van der Waals surface area contributed by atoms with Crippen LogP contribution in [0.2, 0.25) is 0 Å². The number of hydrogen-bond acceptors (Lipinski definition) is 5. The summed E-state index contributed by atoms with van der Waals surface area (Å²) in [5.74, 6) is -0.737. The molecule has 2 fully saturated rings. The van der Waals surface area contributed by atoms with Crippen LogP contribution in [0.4, 0.5) is 0 Å². The topological polar surface area (TPSA) is 72.8 Å². The van der Waals surface area contributed by atoms with Crippen molar-refractivity contribution in [1.29, 1.82) is 0 Å². The van der Waals surface area contributed by atoms with Crippen LogP contribution in [-0.2, 0) is 19.1 Å². The zero-order chi connectivity index (χ0) is 22.3. The molecule has 2 aliphatic heterocycles. The average Bonchev–Trinajstić information content (AvgIpc) is 2.96. The molecule has 0 amide bonds. The minimum atomic E-state index is -1.11. The molecule has 0 aromatic carbocycles. The Morgan fingerprint density at radius 2 is 1.70 bits per heavy atom. The van der Waals surface area contributed by atoms with Gasteiger partial charge >= 0.3 is 5.97 Å². The fourth-order valence-electron chi connectivity index (χ4n) is 4.83. The van der Waals surface area contributed by atoms with Crippen LogP contribution in [0, 0.1) is 16.7 Å². The minimum Gasteiger partial charge on any atom is -0.460 e. The molecule has 3 rings (SSSR count). The van der Waals surface area contributed by atoms with Crippen molar-refractivity contribution in [3.63, 3.8) is 0 Å². The molecule has 0 aromatic rings. The third kappa shape index (κ3) is 3.44. The van der Waals surface area contributed by atoms with Gasteiger partial charge in [-0.2, -0.15) is 0 Å². The van der Waals surface area contributed by atoms with Crippen molar-refractivity contribution < 1.29 is 24.2 Å². The molecule has 1 aliphatic carbocycles. The molecule has 162 valence electrons. The number of ketones is 1. The number of carbonyl (C=O) groups is 2. The molecular weight excluding hydrogens is 380 g/mol. The van der Waals surface area contributed by atoms with E-state index in [1.165, 1.54) is 0 Å². The molecule has 2 heterocycles. The van der Waals surface area contributed by atoms with Gasteiger partial charge in [0.05, 0.1) is 12.0 Å². The van der Waals surface area contributed by atoms with Gasteiger partial charge in [0.2, 0.25) is 0 Å². The first kappa shape index (κ1) is 22.4. The normalized spacial score (nSPS) is 44.2. The highest BCUT2D eigenvalue weighted by Crippen LogP contribution is 2.60. The van der Waals surface area contributed by atoms with Crippen molar-refractivity contribution in [2.24, 2.45) is 16.7 Å². The van der Waals surface area contributed by atoms with E-state index in [-0.39, 0.29) is 23.9 Å². The van der Waals surface area contributed by atoms with Crippen molar-refractivity contribution >= 4 is 11.8 Å². The van der Waals surface area contributed by atoms with Gasteiger partial charge in [0.15, 0.2) is 5.78 Å². The largest absolute Gasteiger partial charge is 0.460 e. The highest BCUT2D eigenvalue weighted by Gasteiger charge is 2.73. The van der Waals surface area contributed by atoms with Gasteiger partial charge in [-0.1, -0.05) is 68.5 Å².